The van der Waals surface area contributed by atoms with Crippen LogP contribution in [0.25, 0.3) is 0 Å². The van der Waals surface area contributed by atoms with Crippen LogP contribution in [-0.2, 0) is 6.54 Å². The summed E-state index contributed by atoms with van der Waals surface area (Å²) >= 11 is 0. The third-order valence-corrected chi connectivity index (χ3v) is 7.09. The number of carbonyl (C=O) groups excluding carboxylic acids is 1. The largest absolute Gasteiger partial charge is 0.322 e. The highest BCUT2D eigenvalue weighted by atomic mass is 16.2. The maximum absolute atomic E-state index is 13.0. The van der Waals surface area contributed by atoms with Crippen molar-refractivity contribution in [2.75, 3.05) is 11.9 Å². The highest BCUT2D eigenvalue weighted by molar-refractivity contribution is 5.89. The van der Waals surface area contributed by atoms with Crippen LogP contribution in [0, 0.1) is 6.92 Å². The molecule has 36 heavy (non-hydrogen) atoms. The Morgan fingerprint density at radius 1 is 0.639 bits per heavy atom. The van der Waals surface area contributed by atoms with Gasteiger partial charge in [0.15, 0.2) is 0 Å². The molecule has 200 valence electrons. The Bertz CT molecular complexity index is 787. The quantitative estimate of drug-likeness (QED) is 0.183. The van der Waals surface area contributed by atoms with Crippen molar-refractivity contribution in [3.8, 4) is 0 Å². The lowest BCUT2D eigenvalue weighted by molar-refractivity contribution is 0.207. The van der Waals surface area contributed by atoms with Crippen LogP contribution in [0.2, 0.25) is 0 Å². The maximum Gasteiger partial charge on any atom is 0.322 e. The lowest BCUT2D eigenvalue weighted by Crippen LogP contribution is -2.35. The third-order valence-electron chi connectivity index (χ3n) is 7.09. The Morgan fingerprint density at radius 3 is 1.61 bits per heavy atom. The second-order valence-electron chi connectivity index (χ2n) is 10.5. The number of hydrogen-bond donors (Lipinski definition) is 1. The Hall–Kier alpha value is -2.29. The molecule has 3 heteroatoms. The second-order valence-corrected chi connectivity index (χ2v) is 10.5. The highest BCUT2D eigenvalue weighted by Gasteiger charge is 2.14. The van der Waals surface area contributed by atoms with E-state index in [1.165, 1.54) is 107 Å². The summed E-state index contributed by atoms with van der Waals surface area (Å²) in [5, 5.41) is 3.08. The molecular weight excluding hydrogens is 440 g/mol. The molecule has 0 spiro atoms. The molecule has 0 aromatic heterocycles. The van der Waals surface area contributed by atoms with Crippen molar-refractivity contribution >= 4 is 11.7 Å². The van der Waals surface area contributed by atoms with Crippen LogP contribution < -0.4 is 5.32 Å². The van der Waals surface area contributed by atoms with Crippen molar-refractivity contribution in [2.45, 2.75) is 123 Å². The number of carbonyl (C=O) groups is 1. The average molecular weight is 493 g/mol. The van der Waals surface area contributed by atoms with Gasteiger partial charge in [0.05, 0.1) is 0 Å². The fraction of sp³-hybridized carbons (Fsp3) is 0.606. The predicted octanol–water partition coefficient (Wildman–Crippen LogP) is 10.3. The number of nitrogens with one attached hydrogen (secondary N) is 1. The number of nitrogens with zero attached hydrogens (tertiary/aromatic N) is 1. The fourth-order valence-electron chi connectivity index (χ4n) is 4.75. The van der Waals surface area contributed by atoms with Crippen LogP contribution in [0.15, 0.2) is 54.6 Å². The molecule has 0 atom stereocenters. The van der Waals surface area contributed by atoms with Crippen molar-refractivity contribution in [3.63, 3.8) is 0 Å². The summed E-state index contributed by atoms with van der Waals surface area (Å²) in [6.45, 7) is 5.79. The van der Waals surface area contributed by atoms with Crippen molar-refractivity contribution in [1.29, 1.82) is 0 Å². The maximum atomic E-state index is 13.0. The Labute approximate surface area is 222 Å². The molecule has 0 saturated carbocycles. The molecule has 0 unspecified atom stereocenters. The zero-order valence-electron chi connectivity index (χ0n) is 23.3. The molecule has 2 aromatic rings. The normalized spacial score (nSPS) is 10.9. The van der Waals surface area contributed by atoms with E-state index in [0.29, 0.717) is 6.54 Å². The third kappa shape index (κ3) is 14.3. The number of anilines is 1. The molecule has 0 fully saturated rings. The van der Waals surface area contributed by atoms with Gasteiger partial charge in [-0.05, 0) is 31.0 Å². The molecule has 2 aromatic carbocycles. The van der Waals surface area contributed by atoms with Gasteiger partial charge in [-0.1, -0.05) is 151 Å². The first-order valence-corrected chi connectivity index (χ1v) is 14.9. The molecule has 0 aliphatic heterocycles. The first kappa shape index (κ1) is 29.9. The van der Waals surface area contributed by atoms with E-state index in [4.69, 9.17) is 0 Å². The number of rotatable bonds is 20. The lowest BCUT2D eigenvalue weighted by atomic mass is 10.0. The monoisotopic (exact) mass is 492 g/mol. The van der Waals surface area contributed by atoms with E-state index >= 15 is 0 Å². The molecule has 3 nitrogen and oxygen atoms in total. The van der Waals surface area contributed by atoms with E-state index < -0.39 is 0 Å². The van der Waals surface area contributed by atoms with Gasteiger partial charge in [0, 0.05) is 18.8 Å². The minimum atomic E-state index is -0.0105. The van der Waals surface area contributed by atoms with Gasteiger partial charge in [-0.3, -0.25) is 0 Å². The number of aryl methyl sites for hydroxylation is 1. The van der Waals surface area contributed by atoms with Gasteiger partial charge >= 0.3 is 6.03 Å². The molecule has 1 N–H and O–H groups in total. The van der Waals surface area contributed by atoms with E-state index in [9.17, 15) is 4.79 Å². The van der Waals surface area contributed by atoms with Gasteiger partial charge in [0.1, 0.15) is 0 Å². The van der Waals surface area contributed by atoms with Crippen molar-refractivity contribution in [1.82, 2.24) is 4.90 Å². The van der Waals surface area contributed by atoms with Crippen molar-refractivity contribution in [3.05, 3.63) is 65.7 Å². The lowest BCUT2D eigenvalue weighted by Gasteiger charge is -2.23. The van der Waals surface area contributed by atoms with Crippen LogP contribution in [0.5, 0.6) is 0 Å². The van der Waals surface area contributed by atoms with Crippen molar-refractivity contribution < 1.29 is 4.79 Å². The van der Waals surface area contributed by atoms with Gasteiger partial charge in [-0.25, -0.2) is 4.79 Å². The molecule has 0 heterocycles. The summed E-state index contributed by atoms with van der Waals surface area (Å²) in [6.07, 6.45) is 21.8. The first-order chi connectivity index (χ1) is 17.7. The van der Waals surface area contributed by atoms with Crippen LogP contribution in [0.3, 0.4) is 0 Å². The summed E-state index contributed by atoms with van der Waals surface area (Å²) in [4.78, 5) is 15.0. The van der Waals surface area contributed by atoms with Crippen LogP contribution in [0.1, 0.15) is 121 Å². The molecule has 0 aliphatic rings. The number of amides is 2. The SMILES string of the molecule is CCCCCCCCCCCCCCCCCCN(Cc1ccccc1)C(=O)Nc1ccc(C)cc1. The summed E-state index contributed by atoms with van der Waals surface area (Å²) in [5.74, 6) is 0. The molecular formula is C33H52N2O. The summed E-state index contributed by atoms with van der Waals surface area (Å²) in [6, 6.07) is 18.3. The zero-order valence-corrected chi connectivity index (χ0v) is 23.3. The second kappa shape index (κ2) is 19.8. The molecule has 0 radical (unpaired) electrons. The van der Waals surface area contributed by atoms with E-state index in [2.05, 4.69) is 31.3 Å². The number of hydrogen-bond acceptors (Lipinski definition) is 1. The number of unbranched alkanes of at least 4 members (excludes halogenated alkanes) is 15. The summed E-state index contributed by atoms with van der Waals surface area (Å²) in [7, 11) is 0. The Morgan fingerprint density at radius 2 is 1.11 bits per heavy atom. The summed E-state index contributed by atoms with van der Waals surface area (Å²) in [5.41, 5.74) is 3.23. The minimum Gasteiger partial charge on any atom is -0.320 e. The molecule has 2 rings (SSSR count). The van der Waals surface area contributed by atoms with Crippen molar-refractivity contribution in [2.24, 2.45) is 0 Å². The van der Waals surface area contributed by atoms with Gasteiger partial charge in [0.25, 0.3) is 0 Å². The smallest absolute Gasteiger partial charge is 0.320 e. The van der Waals surface area contributed by atoms with E-state index in [0.717, 1.165) is 18.7 Å². The molecule has 0 saturated heterocycles. The Kier molecular flexibility index (Phi) is 16.5. The molecule has 0 bridgehead atoms. The molecule has 0 aliphatic carbocycles. The van der Waals surface area contributed by atoms with Gasteiger partial charge in [-0.15, -0.1) is 0 Å². The van der Waals surface area contributed by atoms with E-state index in [1.54, 1.807) is 0 Å². The first-order valence-electron chi connectivity index (χ1n) is 14.9. The zero-order chi connectivity index (χ0) is 25.7. The van der Waals surface area contributed by atoms with Crippen LogP contribution >= 0.6 is 0 Å². The van der Waals surface area contributed by atoms with E-state index in [1.807, 2.05) is 47.4 Å². The fourth-order valence-corrected chi connectivity index (χ4v) is 4.75. The standard InChI is InChI=1S/C33H52N2O/c1-3-4-5-6-7-8-9-10-11-12-13-14-15-16-17-21-28-35(29-31-22-19-18-20-23-31)33(36)34-32-26-24-30(2)25-27-32/h18-20,22-27H,3-17,21,28-29H2,1-2H3,(H,34,36). The number of urea groups is 1. The van der Waals surface area contributed by atoms with Crippen LogP contribution in [-0.4, -0.2) is 17.5 Å². The topological polar surface area (TPSA) is 32.3 Å². The average Bonchev–Trinajstić information content (AvgIpc) is 2.89. The minimum absolute atomic E-state index is 0.0105. The number of benzene rings is 2. The predicted molar refractivity (Wildman–Crippen MR) is 157 cm³/mol. The van der Waals surface area contributed by atoms with Crippen LogP contribution in [0.4, 0.5) is 10.5 Å². The summed E-state index contributed by atoms with van der Waals surface area (Å²) < 4.78 is 0. The van der Waals surface area contributed by atoms with Gasteiger partial charge in [-0.2, -0.15) is 0 Å². The Balaban J connectivity index is 1.56. The van der Waals surface area contributed by atoms with Gasteiger partial charge < -0.3 is 10.2 Å². The van der Waals surface area contributed by atoms with Gasteiger partial charge in [0.2, 0.25) is 0 Å². The molecule has 2 amide bonds. The highest BCUT2D eigenvalue weighted by Crippen LogP contribution is 2.15. The van der Waals surface area contributed by atoms with E-state index in [-0.39, 0.29) is 6.03 Å².